The molecule has 0 bridgehead atoms. The monoisotopic (exact) mass is 464 g/mol. The molecule has 3 aromatic rings. The zero-order chi connectivity index (χ0) is 19.6. The summed E-state index contributed by atoms with van der Waals surface area (Å²) in [5.41, 5.74) is 1.24. The average molecular weight is 465 g/mol. The molecule has 0 atom stereocenters. The molecule has 0 fully saturated rings. The van der Waals surface area contributed by atoms with E-state index in [-0.39, 0.29) is 11.3 Å². The van der Waals surface area contributed by atoms with Gasteiger partial charge in [0.25, 0.3) is 0 Å². The summed E-state index contributed by atoms with van der Waals surface area (Å²) in [6.45, 7) is 0. The van der Waals surface area contributed by atoms with Gasteiger partial charge in [0.05, 0.1) is 20.7 Å². The van der Waals surface area contributed by atoms with Crippen LogP contribution in [0.3, 0.4) is 0 Å². The molecule has 27 heavy (non-hydrogen) atoms. The summed E-state index contributed by atoms with van der Waals surface area (Å²) in [5, 5.41) is 4.61. The lowest BCUT2D eigenvalue weighted by Crippen LogP contribution is -2.17. The normalized spacial score (nSPS) is 11.5. The van der Waals surface area contributed by atoms with Crippen LogP contribution < -0.4 is 5.32 Å². The number of aromatic nitrogens is 1. The van der Waals surface area contributed by atoms with E-state index in [2.05, 4.69) is 10.3 Å². The first kappa shape index (κ1) is 20.2. The number of amides is 1. The molecule has 0 aliphatic carbocycles. The minimum Gasteiger partial charge on any atom is -0.302 e. The van der Waals surface area contributed by atoms with Gasteiger partial charge in [-0.2, -0.15) is 0 Å². The maximum Gasteiger partial charge on any atom is 0.227 e. The van der Waals surface area contributed by atoms with Gasteiger partial charge in [0.1, 0.15) is 10.2 Å². The Labute approximate surface area is 172 Å². The Morgan fingerprint density at radius 2 is 1.93 bits per heavy atom. The van der Waals surface area contributed by atoms with Crippen LogP contribution in [0.25, 0.3) is 11.3 Å². The van der Waals surface area contributed by atoms with Gasteiger partial charge in [0, 0.05) is 17.4 Å². The number of halogens is 3. The average Bonchev–Trinajstić information content (AvgIpc) is 3.19. The summed E-state index contributed by atoms with van der Waals surface area (Å²) in [4.78, 5) is 16.3. The third-order valence-electron chi connectivity index (χ3n) is 3.45. The molecule has 142 valence electrons. The summed E-state index contributed by atoms with van der Waals surface area (Å²) in [7, 11) is -3.68. The van der Waals surface area contributed by atoms with Crippen molar-refractivity contribution >= 4 is 66.8 Å². The summed E-state index contributed by atoms with van der Waals surface area (Å²) in [5.74, 6) is -1.41. The molecule has 11 heteroatoms. The topological polar surface area (TPSA) is 76.1 Å². The first-order chi connectivity index (χ1) is 12.7. The fourth-order valence-electron chi connectivity index (χ4n) is 2.14. The fourth-order valence-corrected chi connectivity index (χ4v) is 5.59. The standard InChI is InChI=1S/C16H11Cl2FN2O3S3/c17-13-7-11(15(18)26-13)12-8-25-16(20-12)21-14(22)5-6-27(23,24)10-3-1-9(19)2-4-10/h1-4,7-8H,5-6H2,(H,20,21,22). The quantitative estimate of drug-likeness (QED) is 0.513. The molecule has 2 aromatic heterocycles. The van der Waals surface area contributed by atoms with Crippen molar-refractivity contribution in [2.75, 3.05) is 11.1 Å². The number of rotatable bonds is 6. The first-order valence-electron chi connectivity index (χ1n) is 7.43. The van der Waals surface area contributed by atoms with Crippen molar-refractivity contribution < 1.29 is 17.6 Å². The van der Waals surface area contributed by atoms with E-state index in [9.17, 15) is 17.6 Å². The number of carbonyl (C=O) groups is 1. The second-order valence-electron chi connectivity index (χ2n) is 5.35. The first-order valence-corrected chi connectivity index (χ1v) is 11.5. The van der Waals surface area contributed by atoms with Crippen molar-refractivity contribution in [3.8, 4) is 11.3 Å². The second kappa shape index (κ2) is 8.24. The second-order valence-corrected chi connectivity index (χ2v) is 10.6. The van der Waals surface area contributed by atoms with Crippen LogP contribution in [0.15, 0.2) is 40.6 Å². The number of nitrogens with one attached hydrogen (secondary N) is 1. The van der Waals surface area contributed by atoms with E-state index in [1.807, 2.05) is 0 Å². The highest BCUT2D eigenvalue weighted by Crippen LogP contribution is 2.39. The Kier molecular flexibility index (Phi) is 6.17. The third kappa shape index (κ3) is 5.05. The lowest BCUT2D eigenvalue weighted by molar-refractivity contribution is -0.115. The largest absolute Gasteiger partial charge is 0.302 e. The number of sulfone groups is 1. The molecule has 0 saturated heterocycles. The van der Waals surface area contributed by atoms with E-state index < -0.39 is 27.3 Å². The summed E-state index contributed by atoms with van der Waals surface area (Å²) >= 11 is 14.4. The lowest BCUT2D eigenvalue weighted by Gasteiger charge is -2.04. The molecule has 2 heterocycles. The number of nitrogens with zero attached hydrogens (tertiary/aromatic N) is 1. The van der Waals surface area contributed by atoms with Crippen LogP contribution in [0, 0.1) is 5.82 Å². The van der Waals surface area contributed by atoms with E-state index in [1.165, 1.54) is 34.8 Å². The minimum atomic E-state index is -3.68. The van der Waals surface area contributed by atoms with Crippen molar-refractivity contribution in [3.63, 3.8) is 0 Å². The maximum atomic E-state index is 12.9. The Bertz CT molecular complexity index is 1080. The number of thiazole rings is 1. The van der Waals surface area contributed by atoms with Gasteiger partial charge in [0.15, 0.2) is 15.0 Å². The highest BCUT2D eigenvalue weighted by molar-refractivity contribution is 7.91. The summed E-state index contributed by atoms with van der Waals surface area (Å²) < 4.78 is 38.3. The number of hydrogen-bond donors (Lipinski definition) is 1. The molecule has 0 aliphatic heterocycles. The van der Waals surface area contributed by atoms with Crippen molar-refractivity contribution in [1.29, 1.82) is 0 Å². The number of benzene rings is 1. The van der Waals surface area contributed by atoms with Crippen molar-refractivity contribution in [3.05, 3.63) is 50.2 Å². The molecule has 1 N–H and O–H groups in total. The number of carbonyl (C=O) groups excluding carboxylic acids is 1. The van der Waals surface area contributed by atoms with Crippen LogP contribution in [0.4, 0.5) is 9.52 Å². The van der Waals surface area contributed by atoms with Gasteiger partial charge in [-0.25, -0.2) is 17.8 Å². The van der Waals surface area contributed by atoms with Crippen molar-refractivity contribution in [2.45, 2.75) is 11.3 Å². The number of thiophene rings is 1. The Hall–Kier alpha value is -1.52. The smallest absolute Gasteiger partial charge is 0.227 e. The fraction of sp³-hybridized carbons (Fsp3) is 0.125. The van der Waals surface area contributed by atoms with Gasteiger partial charge in [-0.3, -0.25) is 4.79 Å². The molecule has 0 aliphatic rings. The molecular formula is C16H11Cl2FN2O3S3. The number of hydrogen-bond acceptors (Lipinski definition) is 6. The van der Waals surface area contributed by atoms with Gasteiger partial charge < -0.3 is 5.32 Å². The van der Waals surface area contributed by atoms with E-state index >= 15 is 0 Å². The Balaban J connectivity index is 1.61. The zero-order valence-electron chi connectivity index (χ0n) is 13.4. The summed E-state index contributed by atoms with van der Waals surface area (Å²) in [6.07, 6.45) is -0.250. The van der Waals surface area contributed by atoms with Gasteiger partial charge in [-0.1, -0.05) is 23.2 Å². The van der Waals surface area contributed by atoms with Crippen LogP contribution in [0.2, 0.25) is 8.67 Å². The SMILES string of the molecule is O=C(CCS(=O)(=O)c1ccc(F)cc1)Nc1nc(-c2cc(Cl)sc2Cl)cs1. The van der Waals surface area contributed by atoms with Crippen LogP contribution in [0.5, 0.6) is 0 Å². The van der Waals surface area contributed by atoms with Crippen molar-refractivity contribution in [2.24, 2.45) is 0 Å². The van der Waals surface area contributed by atoms with Gasteiger partial charge in [0.2, 0.25) is 5.91 Å². The van der Waals surface area contributed by atoms with E-state index in [1.54, 1.807) is 11.4 Å². The van der Waals surface area contributed by atoms with Crippen LogP contribution in [0.1, 0.15) is 6.42 Å². The van der Waals surface area contributed by atoms with Gasteiger partial charge >= 0.3 is 0 Å². The molecule has 0 saturated carbocycles. The van der Waals surface area contributed by atoms with Crippen molar-refractivity contribution in [1.82, 2.24) is 4.98 Å². The van der Waals surface area contributed by atoms with Crippen LogP contribution in [-0.4, -0.2) is 25.1 Å². The van der Waals surface area contributed by atoms with E-state index in [0.29, 0.717) is 25.1 Å². The zero-order valence-corrected chi connectivity index (χ0v) is 17.4. The Morgan fingerprint density at radius 1 is 1.22 bits per heavy atom. The molecule has 5 nitrogen and oxygen atoms in total. The van der Waals surface area contributed by atoms with E-state index in [0.717, 1.165) is 12.1 Å². The molecule has 0 radical (unpaired) electrons. The van der Waals surface area contributed by atoms with Gasteiger partial charge in [-0.15, -0.1) is 22.7 Å². The Morgan fingerprint density at radius 3 is 2.56 bits per heavy atom. The molecule has 0 spiro atoms. The minimum absolute atomic E-state index is 0.0304. The van der Waals surface area contributed by atoms with Gasteiger partial charge in [-0.05, 0) is 30.3 Å². The molecule has 3 rings (SSSR count). The van der Waals surface area contributed by atoms with Crippen LogP contribution >= 0.6 is 45.9 Å². The predicted octanol–water partition coefficient (Wildman–Crippen LogP) is 5.12. The maximum absolute atomic E-state index is 12.9. The highest BCUT2D eigenvalue weighted by Gasteiger charge is 2.18. The summed E-state index contributed by atoms with van der Waals surface area (Å²) in [6, 6.07) is 6.15. The molecule has 1 aromatic carbocycles. The predicted molar refractivity (Wildman–Crippen MR) is 107 cm³/mol. The third-order valence-corrected chi connectivity index (χ3v) is 7.43. The molecular weight excluding hydrogens is 454 g/mol. The molecule has 0 unspecified atom stereocenters. The van der Waals surface area contributed by atoms with E-state index in [4.69, 9.17) is 23.2 Å². The lowest BCUT2D eigenvalue weighted by atomic mass is 10.3. The van der Waals surface area contributed by atoms with Crippen LogP contribution in [-0.2, 0) is 14.6 Å². The highest BCUT2D eigenvalue weighted by atomic mass is 35.5. The number of anilines is 1. The molecule has 1 amide bonds.